The summed E-state index contributed by atoms with van der Waals surface area (Å²) in [6.07, 6.45) is -2.68. The van der Waals surface area contributed by atoms with Crippen molar-refractivity contribution in [2.75, 3.05) is 12.4 Å². The Labute approximate surface area is 210 Å². The van der Waals surface area contributed by atoms with Gasteiger partial charge in [-0.25, -0.2) is 5.01 Å². The predicted molar refractivity (Wildman–Crippen MR) is 128 cm³/mol. The van der Waals surface area contributed by atoms with Crippen molar-refractivity contribution >= 4 is 23.2 Å². The summed E-state index contributed by atoms with van der Waals surface area (Å²) in [6.45, 7) is 2.03. The molecule has 194 valence electrons. The first-order valence-electron chi connectivity index (χ1n) is 11.4. The summed E-state index contributed by atoms with van der Waals surface area (Å²) in [6, 6.07) is 12.6. The van der Waals surface area contributed by atoms with Crippen molar-refractivity contribution in [3.05, 3.63) is 71.5 Å². The van der Waals surface area contributed by atoms with E-state index in [1.165, 1.54) is 30.4 Å². The lowest BCUT2D eigenvalue weighted by molar-refractivity contribution is -0.275. The smallest absolute Gasteiger partial charge is 0.493 e. The Morgan fingerprint density at radius 1 is 1.16 bits per heavy atom. The van der Waals surface area contributed by atoms with Crippen LogP contribution in [0.5, 0.6) is 11.5 Å². The van der Waals surface area contributed by atoms with E-state index in [9.17, 15) is 22.8 Å². The standard InChI is InChI=1S/C25H24F3N5O4/c1-3-16-13-22(34)33(14-15-4-7-18(8-5-15)30-24(35)19-10-11-29-31-19)32-23(16)17-6-9-20(36-2)21(12-17)37-25(26,27)28/h4-12,16H,3,13-14H2,1-2H3,(H,29,31)(H,30,35). The third-order valence-corrected chi connectivity index (χ3v) is 5.79. The summed E-state index contributed by atoms with van der Waals surface area (Å²) >= 11 is 0. The van der Waals surface area contributed by atoms with E-state index in [0.29, 0.717) is 29.1 Å². The molecular formula is C25H24F3N5O4. The van der Waals surface area contributed by atoms with Crippen molar-refractivity contribution in [1.82, 2.24) is 15.2 Å². The van der Waals surface area contributed by atoms with Gasteiger partial charge in [-0.3, -0.25) is 14.7 Å². The van der Waals surface area contributed by atoms with Crippen LogP contribution in [0.4, 0.5) is 18.9 Å². The lowest BCUT2D eigenvalue weighted by Crippen LogP contribution is -2.36. The lowest BCUT2D eigenvalue weighted by Gasteiger charge is -2.29. The Hall–Kier alpha value is -4.35. The molecule has 2 heterocycles. The summed E-state index contributed by atoms with van der Waals surface area (Å²) in [4.78, 5) is 25.0. The van der Waals surface area contributed by atoms with Gasteiger partial charge in [-0.2, -0.15) is 10.2 Å². The minimum atomic E-state index is -4.89. The van der Waals surface area contributed by atoms with Gasteiger partial charge in [0, 0.05) is 29.8 Å². The molecule has 4 rings (SSSR count). The van der Waals surface area contributed by atoms with Crippen molar-refractivity contribution in [2.24, 2.45) is 11.0 Å². The number of amides is 2. The molecule has 3 aromatic rings. The van der Waals surface area contributed by atoms with Gasteiger partial charge in [-0.1, -0.05) is 19.1 Å². The third kappa shape index (κ3) is 6.26. The third-order valence-electron chi connectivity index (χ3n) is 5.79. The Morgan fingerprint density at radius 2 is 1.92 bits per heavy atom. The van der Waals surface area contributed by atoms with Crippen LogP contribution in [0, 0.1) is 5.92 Å². The highest BCUT2D eigenvalue weighted by Crippen LogP contribution is 2.35. The summed E-state index contributed by atoms with van der Waals surface area (Å²) in [7, 11) is 1.25. The second kappa shape index (κ2) is 10.7. The number of anilines is 1. The first-order valence-corrected chi connectivity index (χ1v) is 11.4. The van der Waals surface area contributed by atoms with Gasteiger partial charge in [0.05, 0.1) is 19.4 Å². The summed E-state index contributed by atoms with van der Waals surface area (Å²) in [5.74, 6) is -1.37. The Morgan fingerprint density at radius 3 is 2.54 bits per heavy atom. The first kappa shape index (κ1) is 25.7. The number of ether oxygens (including phenoxy) is 2. The minimum Gasteiger partial charge on any atom is -0.493 e. The number of hydrogen-bond acceptors (Lipinski definition) is 6. The SMILES string of the molecule is CCC1CC(=O)N(Cc2ccc(NC(=O)c3ccn[nH]3)cc2)N=C1c1ccc(OC)c(OC(F)(F)F)c1. The fourth-order valence-corrected chi connectivity index (χ4v) is 3.92. The van der Waals surface area contributed by atoms with Crippen molar-refractivity contribution < 1.29 is 32.2 Å². The molecule has 9 nitrogen and oxygen atoms in total. The summed E-state index contributed by atoms with van der Waals surface area (Å²) in [5, 5.41) is 14.9. The Bertz CT molecular complexity index is 1290. The highest BCUT2D eigenvalue weighted by molar-refractivity contribution is 6.06. The average molecular weight is 515 g/mol. The molecule has 0 radical (unpaired) electrons. The highest BCUT2D eigenvalue weighted by Gasteiger charge is 2.34. The number of hydrazone groups is 1. The number of H-pyrrole nitrogens is 1. The molecule has 1 atom stereocenters. The van der Waals surface area contributed by atoms with Crippen molar-refractivity contribution in [3.63, 3.8) is 0 Å². The topological polar surface area (TPSA) is 109 Å². The average Bonchev–Trinajstić information content (AvgIpc) is 3.40. The van der Waals surface area contributed by atoms with Crippen LogP contribution >= 0.6 is 0 Å². The molecule has 1 aliphatic heterocycles. The fraction of sp³-hybridized carbons (Fsp3) is 0.280. The van der Waals surface area contributed by atoms with E-state index in [1.807, 2.05) is 6.92 Å². The summed E-state index contributed by atoms with van der Waals surface area (Å²) < 4.78 is 47.9. The molecule has 0 aliphatic carbocycles. The molecular weight excluding hydrogens is 491 g/mol. The second-order valence-electron chi connectivity index (χ2n) is 8.28. The van der Waals surface area contributed by atoms with Gasteiger partial charge in [0.25, 0.3) is 5.91 Å². The number of hydrogen-bond donors (Lipinski definition) is 2. The molecule has 0 spiro atoms. The van der Waals surface area contributed by atoms with E-state index in [-0.39, 0.29) is 36.4 Å². The zero-order valence-corrected chi connectivity index (χ0v) is 20.0. The van der Waals surface area contributed by atoms with E-state index < -0.39 is 12.1 Å². The molecule has 0 saturated heterocycles. The van der Waals surface area contributed by atoms with Gasteiger partial charge in [0.2, 0.25) is 5.91 Å². The van der Waals surface area contributed by atoms with Gasteiger partial charge < -0.3 is 14.8 Å². The maximum absolute atomic E-state index is 12.9. The Kier molecular flexibility index (Phi) is 7.46. The van der Waals surface area contributed by atoms with Crippen LogP contribution < -0.4 is 14.8 Å². The number of aromatic nitrogens is 2. The summed E-state index contributed by atoms with van der Waals surface area (Å²) in [5.41, 5.74) is 2.51. The number of rotatable bonds is 8. The molecule has 1 unspecified atom stereocenters. The number of benzene rings is 2. The van der Waals surface area contributed by atoms with Crippen LogP contribution in [0.3, 0.4) is 0 Å². The van der Waals surface area contributed by atoms with Crippen LogP contribution in [-0.2, 0) is 11.3 Å². The van der Waals surface area contributed by atoms with Gasteiger partial charge in [-0.05, 0) is 48.4 Å². The van der Waals surface area contributed by atoms with Crippen molar-refractivity contribution in [2.45, 2.75) is 32.7 Å². The molecule has 2 amide bonds. The van der Waals surface area contributed by atoms with E-state index in [0.717, 1.165) is 5.56 Å². The molecule has 37 heavy (non-hydrogen) atoms. The number of aromatic amines is 1. The van der Waals surface area contributed by atoms with Crippen LogP contribution in [0.25, 0.3) is 0 Å². The van der Waals surface area contributed by atoms with Gasteiger partial charge in [0.1, 0.15) is 5.69 Å². The molecule has 1 aliphatic rings. The maximum Gasteiger partial charge on any atom is 0.573 e. The zero-order valence-electron chi connectivity index (χ0n) is 20.0. The van der Waals surface area contributed by atoms with Crippen LogP contribution in [-0.4, -0.2) is 46.2 Å². The van der Waals surface area contributed by atoms with E-state index in [2.05, 4.69) is 25.4 Å². The van der Waals surface area contributed by atoms with E-state index in [1.54, 1.807) is 36.4 Å². The number of nitrogens with one attached hydrogen (secondary N) is 2. The molecule has 0 saturated carbocycles. The highest BCUT2D eigenvalue weighted by atomic mass is 19.4. The molecule has 1 aromatic heterocycles. The van der Waals surface area contributed by atoms with Gasteiger partial charge in [-0.15, -0.1) is 13.2 Å². The predicted octanol–water partition coefficient (Wildman–Crippen LogP) is 4.73. The number of methoxy groups -OCH3 is 1. The van der Waals surface area contributed by atoms with Gasteiger partial charge >= 0.3 is 6.36 Å². The number of carbonyl (C=O) groups is 2. The number of nitrogens with zero attached hydrogens (tertiary/aromatic N) is 3. The molecule has 0 bridgehead atoms. The van der Waals surface area contributed by atoms with E-state index in [4.69, 9.17) is 4.74 Å². The molecule has 2 N–H and O–H groups in total. The molecule has 2 aromatic carbocycles. The van der Waals surface area contributed by atoms with Crippen molar-refractivity contribution in [1.29, 1.82) is 0 Å². The molecule has 12 heteroatoms. The zero-order chi connectivity index (χ0) is 26.6. The second-order valence-corrected chi connectivity index (χ2v) is 8.28. The fourth-order valence-electron chi connectivity index (χ4n) is 3.92. The largest absolute Gasteiger partial charge is 0.573 e. The van der Waals surface area contributed by atoms with E-state index >= 15 is 0 Å². The number of alkyl halides is 3. The maximum atomic E-state index is 12.9. The van der Waals surface area contributed by atoms with Gasteiger partial charge in [0.15, 0.2) is 11.5 Å². The van der Waals surface area contributed by atoms with Crippen LogP contribution in [0.1, 0.15) is 41.4 Å². The molecule has 0 fully saturated rings. The van der Waals surface area contributed by atoms with Crippen LogP contribution in [0.2, 0.25) is 0 Å². The van der Waals surface area contributed by atoms with Crippen molar-refractivity contribution in [3.8, 4) is 11.5 Å². The number of halogens is 3. The quantitative estimate of drug-likeness (QED) is 0.451. The first-order chi connectivity index (χ1) is 17.7. The Balaban J connectivity index is 1.55. The van der Waals surface area contributed by atoms with Crippen LogP contribution in [0.15, 0.2) is 59.8 Å². The number of carbonyl (C=O) groups excluding carboxylic acids is 2. The monoisotopic (exact) mass is 515 g/mol. The minimum absolute atomic E-state index is 0.0711. The normalized spacial score (nSPS) is 15.8. The lowest BCUT2D eigenvalue weighted by atomic mass is 9.89.